The van der Waals surface area contributed by atoms with Gasteiger partial charge in [0.25, 0.3) is 0 Å². The maximum absolute atomic E-state index is 5.46. The summed E-state index contributed by atoms with van der Waals surface area (Å²) >= 11 is 0. The molecule has 4 heteroatoms. The van der Waals surface area contributed by atoms with E-state index < -0.39 is 0 Å². The largest absolute Gasteiger partial charge is 0.493 e. The molecule has 126 valence electrons. The first-order valence-corrected chi connectivity index (χ1v) is 8.34. The normalized spacial score (nSPS) is 13.1. The number of methoxy groups -OCH3 is 2. The molecule has 1 aliphatic rings. The van der Waals surface area contributed by atoms with Crippen molar-refractivity contribution in [1.82, 2.24) is 0 Å². The molecular formula is C21H20N2O2. The van der Waals surface area contributed by atoms with Crippen LogP contribution in [0.15, 0.2) is 59.6 Å². The molecule has 1 heterocycles. The van der Waals surface area contributed by atoms with Crippen LogP contribution in [-0.2, 0) is 6.42 Å². The molecule has 1 N–H and O–H groups in total. The molecular weight excluding hydrogens is 312 g/mol. The van der Waals surface area contributed by atoms with E-state index in [2.05, 4.69) is 47.8 Å². The SMILES string of the molecule is COc1cc2c(cc1OC)C(Nc1cccc3ccccc13)=NCC2. The topological polar surface area (TPSA) is 42.9 Å². The van der Waals surface area contributed by atoms with Crippen molar-refractivity contribution in [1.29, 1.82) is 0 Å². The van der Waals surface area contributed by atoms with Crippen molar-refractivity contribution in [2.24, 2.45) is 4.99 Å². The Morgan fingerprint density at radius 3 is 2.52 bits per heavy atom. The van der Waals surface area contributed by atoms with E-state index in [1.807, 2.05) is 12.1 Å². The van der Waals surface area contributed by atoms with Gasteiger partial charge in [-0.2, -0.15) is 0 Å². The number of ether oxygens (including phenoxy) is 2. The maximum atomic E-state index is 5.46. The lowest BCUT2D eigenvalue weighted by Crippen LogP contribution is -2.21. The van der Waals surface area contributed by atoms with E-state index in [4.69, 9.17) is 14.5 Å². The molecule has 4 nitrogen and oxygen atoms in total. The Morgan fingerprint density at radius 1 is 0.920 bits per heavy atom. The molecule has 0 bridgehead atoms. The minimum absolute atomic E-state index is 0.718. The predicted octanol–water partition coefficient (Wildman–Crippen LogP) is 4.27. The first kappa shape index (κ1) is 15.5. The van der Waals surface area contributed by atoms with E-state index >= 15 is 0 Å². The monoisotopic (exact) mass is 332 g/mol. The Bertz CT molecular complexity index is 958. The van der Waals surface area contributed by atoms with Gasteiger partial charge in [-0.25, -0.2) is 0 Å². The van der Waals surface area contributed by atoms with Gasteiger partial charge in [-0.05, 0) is 35.6 Å². The minimum atomic E-state index is 0.718. The molecule has 0 aromatic heterocycles. The zero-order valence-corrected chi connectivity index (χ0v) is 14.4. The molecule has 0 atom stereocenters. The lowest BCUT2D eigenvalue weighted by atomic mass is 9.99. The summed E-state index contributed by atoms with van der Waals surface area (Å²) in [5.41, 5.74) is 3.34. The van der Waals surface area contributed by atoms with Crippen LogP contribution in [0.1, 0.15) is 11.1 Å². The molecule has 0 fully saturated rings. The zero-order valence-electron chi connectivity index (χ0n) is 14.4. The molecule has 3 aromatic rings. The first-order valence-electron chi connectivity index (χ1n) is 8.34. The van der Waals surface area contributed by atoms with Crippen LogP contribution in [0.2, 0.25) is 0 Å². The number of nitrogens with one attached hydrogen (secondary N) is 1. The van der Waals surface area contributed by atoms with Gasteiger partial charge in [-0.1, -0.05) is 36.4 Å². The highest BCUT2D eigenvalue weighted by Gasteiger charge is 2.19. The van der Waals surface area contributed by atoms with E-state index in [1.165, 1.54) is 16.3 Å². The molecule has 0 saturated heterocycles. The third kappa shape index (κ3) is 2.80. The summed E-state index contributed by atoms with van der Waals surface area (Å²) < 4.78 is 10.9. The van der Waals surface area contributed by atoms with Crippen molar-refractivity contribution in [2.45, 2.75) is 6.42 Å². The molecule has 25 heavy (non-hydrogen) atoms. The van der Waals surface area contributed by atoms with E-state index in [0.717, 1.165) is 41.6 Å². The molecule has 1 aliphatic heterocycles. The number of benzene rings is 3. The molecule has 0 saturated carbocycles. The summed E-state index contributed by atoms with van der Waals surface area (Å²) in [6.45, 7) is 0.760. The molecule has 0 radical (unpaired) electrons. The van der Waals surface area contributed by atoms with Gasteiger partial charge >= 0.3 is 0 Å². The number of hydrogen-bond donors (Lipinski definition) is 1. The van der Waals surface area contributed by atoms with Crippen LogP contribution in [0.4, 0.5) is 5.69 Å². The Balaban J connectivity index is 1.76. The highest BCUT2D eigenvalue weighted by atomic mass is 16.5. The summed E-state index contributed by atoms with van der Waals surface area (Å²) in [5.74, 6) is 2.35. The standard InChI is InChI=1S/C21H20N2O2/c1-24-19-12-15-10-11-22-21(17(15)13-20(19)25-2)23-18-9-5-7-14-6-3-4-8-16(14)18/h3-9,12-13H,10-11H2,1-2H3,(H,22,23). The predicted molar refractivity (Wildman–Crippen MR) is 102 cm³/mol. The second-order valence-corrected chi connectivity index (χ2v) is 6.00. The summed E-state index contributed by atoms with van der Waals surface area (Å²) in [7, 11) is 3.32. The van der Waals surface area contributed by atoms with Crippen molar-refractivity contribution in [3.05, 3.63) is 65.7 Å². The van der Waals surface area contributed by atoms with Crippen LogP contribution >= 0.6 is 0 Å². The smallest absolute Gasteiger partial charge is 0.161 e. The molecule has 3 aromatic carbocycles. The fourth-order valence-electron chi connectivity index (χ4n) is 3.29. The van der Waals surface area contributed by atoms with E-state index in [-0.39, 0.29) is 0 Å². The van der Waals surface area contributed by atoms with Crippen LogP contribution in [0, 0.1) is 0 Å². The summed E-state index contributed by atoms with van der Waals surface area (Å²) in [4.78, 5) is 4.71. The highest BCUT2D eigenvalue weighted by molar-refractivity contribution is 6.13. The van der Waals surface area contributed by atoms with Gasteiger partial charge in [0.05, 0.1) is 14.2 Å². The van der Waals surface area contributed by atoms with E-state index in [0.29, 0.717) is 0 Å². The van der Waals surface area contributed by atoms with Crippen molar-refractivity contribution < 1.29 is 9.47 Å². The van der Waals surface area contributed by atoms with Crippen molar-refractivity contribution in [3.63, 3.8) is 0 Å². The van der Waals surface area contributed by atoms with Gasteiger partial charge in [0, 0.05) is 23.2 Å². The minimum Gasteiger partial charge on any atom is -0.493 e. The van der Waals surface area contributed by atoms with Crippen molar-refractivity contribution in [3.8, 4) is 11.5 Å². The lowest BCUT2D eigenvalue weighted by Gasteiger charge is -2.21. The van der Waals surface area contributed by atoms with Crippen LogP contribution in [0.3, 0.4) is 0 Å². The zero-order chi connectivity index (χ0) is 17.2. The fourth-order valence-corrected chi connectivity index (χ4v) is 3.29. The van der Waals surface area contributed by atoms with Gasteiger partial charge in [0.1, 0.15) is 5.84 Å². The number of hydrogen-bond acceptors (Lipinski definition) is 4. The third-order valence-corrected chi connectivity index (χ3v) is 4.56. The van der Waals surface area contributed by atoms with Gasteiger partial charge in [-0.3, -0.25) is 4.99 Å². The first-order chi connectivity index (χ1) is 12.3. The summed E-state index contributed by atoms with van der Waals surface area (Å²) in [6.07, 6.45) is 0.899. The third-order valence-electron chi connectivity index (χ3n) is 4.56. The number of fused-ring (bicyclic) bond motifs is 2. The van der Waals surface area contributed by atoms with Crippen molar-refractivity contribution in [2.75, 3.05) is 26.1 Å². The molecule has 0 spiro atoms. The van der Waals surface area contributed by atoms with Gasteiger partial charge in [-0.15, -0.1) is 0 Å². The molecule has 4 rings (SSSR count). The number of anilines is 1. The Kier molecular flexibility index (Phi) is 4.02. The quantitative estimate of drug-likeness (QED) is 0.779. The fraction of sp³-hybridized carbons (Fsp3) is 0.190. The van der Waals surface area contributed by atoms with Crippen LogP contribution in [-0.4, -0.2) is 26.6 Å². The van der Waals surface area contributed by atoms with Crippen LogP contribution in [0.25, 0.3) is 10.8 Å². The maximum Gasteiger partial charge on any atom is 0.161 e. The number of rotatable bonds is 3. The highest BCUT2D eigenvalue weighted by Crippen LogP contribution is 2.33. The van der Waals surface area contributed by atoms with E-state index in [9.17, 15) is 0 Å². The lowest BCUT2D eigenvalue weighted by molar-refractivity contribution is 0.354. The van der Waals surface area contributed by atoms with Gasteiger partial charge in [0.2, 0.25) is 0 Å². The Labute approximate surface area is 147 Å². The molecule has 0 aliphatic carbocycles. The van der Waals surface area contributed by atoms with Crippen LogP contribution in [0.5, 0.6) is 11.5 Å². The summed E-state index contributed by atoms with van der Waals surface area (Å²) in [6, 6.07) is 18.7. The average Bonchev–Trinajstić information content (AvgIpc) is 2.67. The van der Waals surface area contributed by atoms with Crippen molar-refractivity contribution >= 4 is 22.3 Å². The number of aliphatic imine (C=N–C) groups is 1. The Hall–Kier alpha value is -3.01. The number of amidine groups is 1. The second kappa shape index (κ2) is 6.48. The number of nitrogens with zero attached hydrogens (tertiary/aromatic N) is 1. The molecule has 0 amide bonds. The van der Waals surface area contributed by atoms with Gasteiger partial charge in [0.15, 0.2) is 11.5 Å². The Morgan fingerprint density at radius 2 is 1.68 bits per heavy atom. The second-order valence-electron chi connectivity index (χ2n) is 6.00. The van der Waals surface area contributed by atoms with Gasteiger partial charge < -0.3 is 14.8 Å². The van der Waals surface area contributed by atoms with Crippen LogP contribution < -0.4 is 14.8 Å². The van der Waals surface area contributed by atoms with E-state index in [1.54, 1.807) is 14.2 Å². The average molecular weight is 332 g/mol. The summed E-state index contributed by atoms with van der Waals surface area (Å²) in [5, 5.41) is 5.91. The molecule has 0 unspecified atom stereocenters.